The smallest absolute Gasteiger partial charge is 0.0969 e. The number of H-pyrrole nitrogens is 2. The van der Waals surface area contributed by atoms with Crippen LogP contribution in [0.5, 0.6) is 0 Å². The Bertz CT molecular complexity index is 843. The first-order valence-corrected chi connectivity index (χ1v) is 7.42. The van der Waals surface area contributed by atoms with E-state index in [1.807, 2.05) is 24.3 Å². The Kier molecular flexibility index (Phi) is 2.90. The normalized spacial score (nSPS) is 10.9. The lowest BCUT2D eigenvalue weighted by Crippen LogP contribution is -1.80. The molecule has 2 N–H and O–H groups in total. The highest BCUT2D eigenvalue weighted by molar-refractivity contribution is 7.18. The van der Waals surface area contributed by atoms with Gasteiger partial charge in [-0.05, 0) is 18.2 Å². The molecule has 0 bridgehead atoms. The van der Waals surface area contributed by atoms with E-state index in [-0.39, 0.29) is 0 Å². The highest BCUT2D eigenvalue weighted by Crippen LogP contribution is 2.36. The zero-order valence-corrected chi connectivity index (χ0v) is 11.9. The van der Waals surface area contributed by atoms with Crippen LogP contribution in [0, 0.1) is 0 Å². The minimum atomic E-state index is 0.980. The van der Waals surface area contributed by atoms with Crippen LogP contribution in [-0.2, 0) is 0 Å². The maximum atomic E-state index is 4.47. The van der Waals surface area contributed by atoms with Gasteiger partial charge in [-0.25, -0.2) is 4.98 Å². The van der Waals surface area contributed by atoms with E-state index in [4.69, 9.17) is 0 Å². The Balaban J connectivity index is 1.77. The zero-order valence-electron chi connectivity index (χ0n) is 11.1. The molecule has 0 radical (unpaired) electrons. The second-order valence-corrected chi connectivity index (χ2v) is 5.71. The van der Waals surface area contributed by atoms with Gasteiger partial charge in [-0.15, -0.1) is 11.3 Å². The number of imidazole rings is 1. The first-order chi connectivity index (χ1) is 10.4. The quantitative estimate of drug-likeness (QED) is 0.594. The van der Waals surface area contributed by atoms with Crippen LogP contribution in [0.1, 0.15) is 0 Å². The molecular formula is C16H12N4S. The number of aromatic nitrogens is 4. The number of benzene rings is 1. The van der Waals surface area contributed by atoms with Crippen molar-refractivity contribution in [3.05, 3.63) is 61.1 Å². The fourth-order valence-corrected chi connectivity index (χ4v) is 3.30. The third-order valence-corrected chi connectivity index (χ3v) is 4.44. The van der Waals surface area contributed by atoms with Crippen LogP contribution in [0.15, 0.2) is 61.1 Å². The molecule has 0 unspecified atom stereocenters. The Morgan fingerprint density at radius 2 is 1.76 bits per heavy atom. The number of nitrogens with one attached hydrogen (secondary N) is 2. The van der Waals surface area contributed by atoms with Gasteiger partial charge in [0.25, 0.3) is 0 Å². The van der Waals surface area contributed by atoms with Crippen LogP contribution in [-0.4, -0.2) is 20.2 Å². The summed E-state index contributed by atoms with van der Waals surface area (Å²) in [4.78, 5) is 10.0. The average molecular weight is 292 g/mol. The number of aromatic amines is 2. The van der Waals surface area contributed by atoms with E-state index in [0.717, 1.165) is 32.4 Å². The largest absolute Gasteiger partial charge is 0.343 e. The molecule has 1 aromatic carbocycles. The van der Waals surface area contributed by atoms with Gasteiger partial charge in [0.1, 0.15) is 0 Å². The second-order valence-electron chi connectivity index (χ2n) is 4.63. The number of hydrogen-bond acceptors (Lipinski definition) is 3. The van der Waals surface area contributed by atoms with Crippen molar-refractivity contribution in [1.29, 1.82) is 0 Å². The molecule has 0 saturated carbocycles. The Hall–Kier alpha value is -2.66. The van der Waals surface area contributed by atoms with Crippen LogP contribution < -0.4 is 0 Å². The van der Waals surface area contributed by atoms with Crippen molar-refractivity contribution in [3.8, 4) is 32.4 Å². The predicted molar refractivity (Wildman–Crippen MR) is 84.9 cm³/mol. The number of rotatable bonds is 3. The first-order valence-electron chi connectivity index (χ1n) is 6.60. The molecule has 4 nitrogen and oxygen atoms in total. The number of thiophene rings is 1. The molecule has 4 rings (SSSR count). The van der Waals surface area contributed by atoms with Crippen LogP contribution in [0.25, 0.3) is 32.4 Å². The van der Waals surface area contributed by atoms with Crippen molar-refractivity contribution in [2.75, 3.05) is 0 Å². The summed E-state index contributed by atoms with van der Waals surface area (Å²) in [6.45, 7) is 0. The highest BCUT2D eigenvalue weighted by Gasteiger charge is 2.13. The highest BCUT2D eigenvalue weighted by atomic mass is 32.1. The molecule has 3 aromatic heterocycles. The van der Waals surface area contributed by atoms with Gasteiger partial charge in [0.15, 0.2) is 0 Å². The Morgan fingerprint density at radius 1 is 0.905 bits per heavy atom. The van der Waals surface area contributed by atoms with Gasteiger partial charge >= 0.3 is 0 Å². The van der Waals surface area contributed by atoms with Crippen LogP contribution >= 0.6 is 11.3 Å². The molecule has 0 aliphatic carbocycles. The van der Waals surface area contributed by atoms with Crippen molar-refractivity contribution in [2.45, 2.75) is 0 Å². The summed E-state index contributed by atoms with van der Waals surface area (Å²) in [7, 11) is 0. The second kappa shape index (κ2) is 5.03. The molecule has 0 saturated heterocycles. The van der Waals surface area contributed by atoms with Gasteiger partial charge in [0.2, 0.25) is 0 Å². The molecule has 0 atom stereocenters. The topological polar surface area (TPSA) is 57.4 Å². The molecule has 0 fully saturated rings. The summed E-state index contributed by atoms with van der Waals surface area (Å²) in [6.07, 6.45) is 3.51. The van der Waals surface area contributed by atoms with Gasteiger partial charge in [0.05, 0.1) is 33.2 Å². The Morgan fingerprint density at radius 3 is 2.57 bits per heavy atom. The van der Waals surface area contributed by atoms with Crippen molar-refractivity contribution in [3.63, 3.8) is 0 Å². The number of hydrogen-bond donors (Lipinski definition) is 2. The third kappa shape index (κ3) is 2.17. The maximum Gasteiger partial charge on any atom is 0.0969 e. The first kappa shape index (κ1) is 12.1. The lowest BCUT2D eigenvalue weighted by molar-refractivity contribution is 1.10. The Labute approximate surface area is 125 Å². The van der Waals surface area contributed by atoms with Crippen molar-refractivity contribution >= 4 is 11.3 Å². The number of nitrogens with zero attached hydrogens (tertiary/aromatic N) is 2. The molecule has 21 heavy (non-hydrogen) atoms. The predicted octanol–water partition coefficient (Wildman–Crippen LogP) is 4.20. The van der Waals surface area contributed by atoms with Crippen LogP contribution in [0.3, 0.4) is 0 Å². The summed E-state index contributed by atoms with van der Waals surface area (Å²) in [5.41, 5.74) is 4.18. The summed E-state index contributed by atoms with van der Waals surface area (Å²) in [5.74, 6) is 0. The summed E-state index contributed by atoms with van der Waals surface area (Å²) < 4.78 is 0. The van der Waals surface area contributed by atoms with Gasteiger partial charge < -0.3 is 4.98 Å². The van der Waals surface area contributed by atoms with E-state index < -0.39 is 0 Å². The minimum absolute atomic E-state index is 0.980. The van der Waals surface area contributed by atoms with E-state index >= 15 is 0 Å². The van der Waals surface area contributed by atoms with E-state index in [9.17, 15) is 0 Å². The van der Waals surface area contributed by atoms with Gasteiger partial charge in [-0.2, -0.15) is 5.10 Å². The van der Waals surface area contributed by atoms with E-state index in [2.05, 4.69) is 44.4 Å². The molecule has 3 heterocycles. The fourth-order valence-electron chi connectivity index (χ4n) is 2.31. The third-order valence-electron chi connectivity index (χ3n) is 3.31. The molecule has 0 spiro atoms. The SMILES string of the molecule is c1ccc(-c2nc[nH]c2-c2ccc(-c3ccn[nH]3)s2)cc1. The monoisotopic (exact) mass is 292 g/mol. The molecular weight excluding hydrogens is 280 g/mol. The standard InChI is InChI=1S/C16H12N4S/c1-2-4-11(5-3-1)15-16(18-10-17-15)14-7-6-13(21-14)12-8-9-19-20-12/h1-10H,(H,17,18)(H,19,20). The van der Waals surface area contributed by atoms with Crippen molar-refractivity contribution in [2.24, 2.45) is 0 Å². The fraction of sp³-hybridized carbons (Fsp3) is 0. The molecule has 4 aromatic rings. The van der Waals surface area contributed by atoms with E-state index in [1.165, 1.54) is 0 Å². The van der Waals surface area contributed by atoms with Crippen molar-refractivity contribution < 1.29 is 0 Å². The molecule has 0 amide bonds. The van der Waals surface area contributed by atoms with Gasteiger partial charge in [-0.1, -0.05) is 30.3 Å². The maximum absolute atomic E-state index is 4.47. The zero-order chi connectivity index (χ0) is 14.1. The molecule has 0 aliphatic rings. The lowest BCUT2D eigenvalue weighted by atomic mass is 10.1. The van der Waals surface area contributed by atoms with E-state index in [1.54, 1.807) is 23.9 Å². The van der Waals surface area contributed by atoms with Gasteiger partial charge in [-0.3, -0.25) is 5.10 Å². The minimum Gasteiger partial charge on any atom is -0.343 e. The van der Waals surface area contributed by atoms with Crippen LogP contribution in [0.4, 0.5) is 0 Å². The lowest BCUT2D eigenvalue weighted by Gasteiger charge is -2.00. The van der Waals surface area contributed by atoms with Crippen LogP contribution in [0.2, 0.25) is 0 Å². The summed E-state index contributed by atoms with van der Waals surface area (Å²) >= 11 is 1.71. The molecule has 102 valence electrons. The van der Waals surface area contributed by atoms with Crippen molar-refractivity contribution in [1.82, 2.24) is 20.2 Å². The van der Waals surface area contributed by atoms with E-state index in [0.29, 0.717) is 0 Å². The summed E-state index contributed by atoms with van der Waals surface area (Å²) in [6, 6.07) is 16.4. The molecule has 0 aliphatic heterocycles. The average Bonchev–Trinajstić information content (AvgIpc) is 3.27. The summed E-state index contributed by atoms with van der Waals surface area (Å²) in [5, 5.41) is 6.99. The molecule has 5 heteroatoms. The van der Waals surface area contributed by atoms with Gasteiger partial charge in [0, 0.05) is 11.8 Å².